The van der Waals surface area contributed by atoms with Crippen LogP contribution in [0, 0.1) is 5.41 Å². The molecule has 28 heavy (non-hydrogen) atoms. The van der Waals surface area contributed by atoms with Crippen LogP contribution in [0.5, 0.6) is 0 Å². The lowest BCUT2D eigenvalue weighted by molar-refractivity contribution is 0.00351. The number of carbonyl (C=O) groups is 2. The SMILES string of the molecule is CC(C)(C)OC(=O)N1CCCC2(CN(C(=O)OCc3ccccc3)C[C@H]2N)C1. The lowest BCUT2D eigenvalue weighted by Crippen LogP contribution is -2.54. The molecular weight excluding hydrogens is 358 g/mol. The fourth-order valence-corrected chi connectivity index (χ4v) is 4.02. The Morgan fingerprint density at radius 1 is 1.14 bits per heavy atom. The largest absolute Gasteiger partial charge is 0.445 e. The summed E-state index contributed by atoms with van der Waals surface area (Å²) in [5, 5.41) is 0. The minimum absolute atomic E-state index is 0.193. The molecule has 2 N–H and O–H groups in total. The topological polar surface area (TPSA) is 85.1 Å². The molecule has 0 bridgehead atoms. The Hall–Kier alpha value is -2.28. The molecule has 0 radical (unpaired) electrons. The molecule has 7 nitrogen and oxygen atoms in total. The molecule has 2 aliphatic rings. The molecule has 2 amide bonds. The minimum atomic E-state index is -0.535. The average molecular weight is 389 g/mol. The maximum absolute atomic E-state index is 12.5. The molecule has 2 fully saturated rings. The van der Waals surface area contributed by atoms with Crippen LogP contribution in [0.2, 0.25) is 0 Å². The summed E-state index contributed by atoms with van der Waals surface area (Å²) in [5.41, 5.74) is 6.55. The number of ether oxygens (including phenoxy) is 2. The smallest absolute Gasteiger partial charge is 0.410 e. The van der Waals surface area contributed by atoms with Gasteiger partial charge in [-0.25, -0.2) is 9.59 Å². The van der Waals surface area contributed by atoms with Crippen LogP contribution >= 0.6 is 0 Å². The summed E-state index contributed by atoms with van der Waals surface area (Å²) in [5.74, 6) is 0. The zero-order valence-electron chi connectivity index (χ0n) is 17.0. The number of piperidine rings is 1. The van der Waals surface area contributed by atoms with Gasteiger partial charge in [0.25, 0.3) is 0 Å². The van der Waals surface area contributed by atoms with Crippen molar-refractivity contribution in [1.82, 2.24) is 9.80 Å². The number of likely N-dealkylation sites (tertiary alicyclic amines) is 2. The molecule has 2 heterocycles. The van der Waals surface area contributed by atoms with Gasteiger partial charge in [-0.05, 0) is 39.2 Å². The summed E-state index contributed by atoms with van der Waals surface area (Å²) in [7, 11) is 0. The zero-order valence-corrected chi connectivity index (χ0v) is 17.0. The molecule has 0 saturated carbocycles. The molecule has 1 unspecified atom stereocenters. The second-order valence-corrected chi connectivity index (χ2v) is 8.90. The van der Waals surface area contributed by atoms with Crippen LogP contribution in [-0.4, -0.2) is 59.8 Å². The summed E-state index contributed by atoms with van der Waals surface area (Å²) < 4.78 is 11.0. The molecule has 7 heteroatoms. The standard InChI is InChI=1S/C21H31N3O4/c1-20(2,3)28-19(26)23-11-7-10-21(14-23)15-24(12-17(21)22)18(25)27-13-16-8-5-4-6-9-16/h4-6,8-9,17H,7,10-15,22H2,1-3H3/t17-,21?/m1/s1. The van der Waals surface area contributed by atoms with Crippen molar-refractivity contribution >= 4 is 12.2 Å². The zero-order chi connectivity index (χ0) is 20.4. The minimum Gasteiger partial charge on any atom is -0.445 e. The van der Waals surface area contributed by atoms with E-state index in [1.54, 1.807) is 9.80 Å². The van der Waals surface area contributed by atoms with Gasteiger partial charge >= 0.3 is 12.2 Å². The van der Waals surface area contributed by atoms with E-state index in [1.165, 1.54) is 0 Å². The summed E-state index contributed by atoms with van der Waals surface area (Å²) >= 11 is 0. The highest BCUT2D eigenvalue weighted by Gasteiger charge is 2.50. The molecule has 0 aromatic heterocycles. The lowest BCUT2D eigenvalue weighted by atomic mass is 9.76. The van der Waals surface area contributed by atoms with Crippen LogP contribution in [0.3, 0.4) is 0 Å². The van der Waals surface area contributed by atoms with Gasteiger partial charge in [0.2, 0.25) is 0 Å². The fourth-order valence-electron chi connectivity index (χ4n) is 4.02. The summed E-state index contributed by atoms with van der Waals surface area (Å²) in [6.45, 7) is 7.91. The summed E-state index contributed by atoms with van der Waals surface area (Å²) in [4.78, 5) is 28.4. The summed E-state index contributed by atoms with van der Waals surface area (Å²) in [6.07, 6.45) is 1.06. The van der Waals surface area contributed by atoms with Crippen molar-refractivity contribution in [2.45, 2.75) is 51.9 Å². The number of amides is 2. The third-order valence-electron chi connectivity index (χ3n) is 5.43. The first-order valence-corrected chi connectivity index (χ1v) is 9.88. The van der Waals surface area contributed by atoms with E-state index < -0.39 is 5.60 Å². The first-order valence-electron chi connectivity index (χ1n) is 9.88. The quantitative estimate of drug-likeness (QED) is 0.840. The van der Waals surface area contributed by atoms with Crippen LogP contribution in [0.15, 0.2) is 30.3 Å². The van der Waals surface area contributed by atoms with Gasteiger partial charge < -0.3 is 25.0 Å². The normalized spacial score (nSPS) is 25.1. The van der Waals surface area contributed by atoms with Gasteiger partial charge in [0.15, 0.2) is 0 Å². The van der Waals surface area contributed by atoms with E-state index in [0.717, 1.165) is 18.4 Å². The highest BCUT2D eigenvalue weighted by atomic mass is 16.6. The van der Waals surface area contributed by atoms with Crippen LogP contribution in [0.4, 0.5) is 9.59 Å². The van der Waals surface area contributed by atoms with Crippen molar-refractivity contribution in [2.75, 3.05) is 26.2 Å². The molecule has 2 atom stereocenters. The molecule has 0 aliphatic carbocycles. The maximum Gasteiger partial charge on any atom is 0.410 e. The van der Waals surface area contributed by atoms with Crippen LogP contribution in [0.1, 0.15) is 39.2 Å². The first-order chi connectivity index (χ1) is 13.2. The van der Waals surface area contributed by atoms with Crippen molar-refractivity contribution < 1.29 is 19.1 Å². The van der Waals surface area contributed by atoms with E-state index in [2.05, 4.69) is 0 Å². The number of carbonyl (C=O) groups excluding carboxylic acids is 2. The van der Waals surface area contributed by atoms with Crippen molar-refractivity contribution in [1.29, 1.82) is 0 Å². The Morgan fingerprint density at radius 2 is 1.82 bits per heavy atom. The Balaban J connectivity index is 1.60. The second-order valence-electron chi connectivity index (χ2n) is 8.90. The van der Waals surface area contributed by atoms with Crippen LogP contribution in [0.25, 0.3) is 0 Å². The maximum atomic E-state index is 12.5. The van der Waals surface area contributed by atoms with Crippen LogP contribution < -0.4 is 5.73 Å². The molecule has 1 aromatic carbocycles. The third kappa shape index (κ3) is 4.76. The number of hydrogen-bond acceptors (Lipinski definition) is 5. The Bertz CT molecular complexity index is 703. The second kappa shape index (κ2) is 7.99. The monoisotopic (exact) mass is 389 g/mol. The van der Waals surface area contributed by atoms with Crippen molar-refractivity contribution in [3.63, 3.8) is 0 Å². The van der Waals surface area contributed by atoms with E-state index in [9.17, 15) is 9.59 Å². The van der Waals surface area contributed by atoms with Gasteiger partial charge in [-0.1, -0.05) is 30.3 Å². The predicted molar refractivity (Wildman–Crippen MR) is 106 cm³/mol. The molecule has 2 saturated heterocycles. The Morgan fingerprint density at radius 3 is 2.50 bits per heavy atom. The molecular formula is C21H31N3O4. The highest BCUT2D eigenvalue weighted by molar-refractivity contribution is 5.69. The first kappa shape index (κ1) is 20.5. The third-order valence-corrected chi connectivity index (χ3v) is 5.43. The number of rotatable bonds is 2. The lowest BCUT2D eigenvalue weighted by Gasteiger charge is -2.42. The van der Waals surface area contributed by atoms with Crippen molar-refractivity contribution in [2.24, 2.45) is 11.1 Å². The number of hydrogen-bond donors (Lipinski definition) is 1. The number of nitrogens with zero attached hydrogens (tertiary/aromatic N) is 2. The molecule has 154 valence electrons. The van der Waals surface area contributed by atoms with Crippen molar-refractivity contribution in [3.05, 3.63) is 35.9 Å². The van der Waals surface area contributed by atoms with Gasteiger partial charge in [0.1, 0.15) is 12.2 Å². The van der Waals surface area contributed by atoms with Crippen molar-refractivity contribution in [3.8, 4) is 0 Å². The van der Waals surface area contributed by atoms with E-state index in [-0.39, 0.29) is 30.3 Å². The number of benzene rings is 1. The highest BCUT2D eigenvalue weighted by Crippen LogP contribution is 2.39. The Labute approximate surface area is 166 Å². The fraction of sp³-hybridized carbons (Fsp3) is 0.619. The molecule has 3 rings (SSSR count). The number of nitrogens with two attached hydrogens (primary N) is 1. The predicted octanol–water partition coefficient (Wildman–Crippen LogP) is 2.98. The van der Waals surface area contributed by atoms with E-state index in [0.29, 0.717) is 26.2 Å². The van der Waals surface area contributed by atoms with E-state index >= 15 is 0 Å². The van der Waals surface area contributed by atoms with Gasteiger partial charge in [-0.15, -0.1) is 0 Å². The Kier molecular flexibility index (Phi) is 5.84. The van der Waals surface area contributed by atoms with Gasteiger partial charge in [0, 0.05) is 37.6 Å². The van der Waals surface area contributed by atoms with E-state index in [1.807, 2.05) is 51.1 Å². The molecule has 2 aliphatic heterocycles. The van der Waals surface area contributed by atoms with Gasteiger partial charge in [-0.3, -0.25) is 0 Å². The van der Waals surface area contributed by atoms with E-state index in [4.69, 9.17) is 15.2 Å². The van der Waals surface area contributed by atoms with Gasteiger partial charge in [0.05, 0.1) is 0 Å². The molecule has 1 aromatic rings. The van der Waals surface area contributed by atoms with Crippen LogP contribution in [-0.2, 0) is 16.1 Å². The molecule has 1 spiro atoms. The summed E-state index contributed by atoms with van der Waals surface area (Å²) in [6, 6.07) is 9.40. The average Bonchev–Trinajstić information content (AvgIpc) is 2.95. The van der Waals surface area contributed by atoms with Gasteiger partial charge in [-0.2, -0.15) is 0 Å².